The lowest BCUT2D eigenvalue weighted by atomic mass is 10.1. The molecule has 6 heteroatoms. The van der Waals surface area contributed by atoms with Gasteiger partial charge in [0, 0.05) is 12.6 Å². The Morgan fingerprint density at radius 1 is 1.19 bits per heavy atom. The molecule has 0 amide bonds. The molecule has 0 radical (unpaired) electrons. The maximum Gasteiger partial charge on any atom is 0.252 e. The van der Waals surface area contributed by atoms with Crippen molar-refractivity contribution in [1.29, 1.82) is 0 Å². The number of ether oxygens (including phenoxy) is 1. The lowest BCUT2D eigenvalue weighted by Gasteiger charge is -2.36. The van der Waals surface area contributed by atoms with Crippen LogP contribution in [0.3, 0.4) is 0 Å². The highest BCUT2D eigenvalue weighted by atomic mass is 32.2. The maximum atomic E-state index is 12.7. The van der Waals surface area contributed by atoms with E-state index in [1.807, 2.05) is 37.3 Å². The second-order valence-corrected chi connectivity index (χ2v) is 8.15. The van der Waals surface area contributed by atoms with Crippen LogP contribution < -0.4 is 0 Å². The van der Waals surface area contributed by atoms with E-state index in [4.69, 9.17) is 4.74 Å². The zero-order valence-electron chi connectivity index (χ0n) is 11.7. The van der Waals surface area contributed by atoms with E-state index in [9.17, 15) is 8.42 Å². The fourth-order valence-corrected chi connectivity index (χ4v) is 5.20. The summed E-state index contributed by atoms with van der Waals surface area (Å²) in [5, 5.41) is 1.78. The molecule has 1 saturated heterocycles. The van der Waals surface area contributed by atoms with Gasteiger partial charge in [-0.2, -0.15) is 4.31 Å². The minimum Gasteiger partial charge on any atom is -0.370 e. The Balaban J connectivity index is 1.88. The number of rotatable bonds is 3. The van der Waals surface area contributed by atoms with Crippen molar-refractivity contribution >= 4 is 21.4 Å². The summed E-state index contributed by atoms with van der Waals surface area (Å²) in [6.07, 6.45) is -0.211. The Kier molecular flexibility index (Phi) is 4.12. The van der Waals surface area contributed by atoms with Gasteiger partial charge < -0.3 is 4.74 Å². The van der Waals surface area contributed by atoms with Crippen LogP contribution in [0.15, 0.2) is 52.1 Å². The van der Waals surface area contributed by atoms with Crippen LogP contribution >= 0.6 is 11.3 Å². The molecule has 21 heavy (non-hydrogen) atoms. The summed E-state index contributed by atoms with van der Waals surface area (Å²) in [6, 6.07) is 13.0. The molecule has 1 aromatic carbocycles. The van der Waals surface area contributed by atoms with Crippen molar-refractivity contribution in [3.05, 3.63) is 53.4 Å². The highest BCUT2D eigenvalue weighted by Gasteiger charge is 2.36. The quantitative estimate of drug-likeness (QED) is 0.872. The molecule has 0 bridgehead atoms. The van der Waals surface area contributed by atoms with Crippen molar-refractivity contribution in [3.8, 4) is 0 Å². The molecule has 0 spiro atoms. The minimum atomic E-state index is -3.44. The Bertz CT molecular complexity index is 683. The number of benzene rings is 1. The molecular weight excluding hydrogens is 306 g/mol. The summed E-state index contributed by atoms with van der Waals surface area (Å²) in [5.41, 5.74) is 1.01. The number of sulfonamides is 1. The van der Waals surface area contributed by atoms with Gasteiger partial charge in [0.05, 0.1) is 12.7 Å². The van der Waals surface area contributed by atoms with Crippen LogP contribution in [0.1, 0.15) is 18.6 Å². The molecule has 3 rings (SSSR count). The van der Waals surface area contributed by atoms with E-state index in [1.165, 1.54) is 11.3 Å². The smallest absolute Gasteiger partial charge is 0.252 e. The monoisotopic (exact) mass is 323 g/mol. The second-order valence-electron chi connectivity index (χ2n) is 5.09. The molecule has 0 aliphatic carbocycles. The van der Waals surface area contributed by atoms with E-state index in [1.54, 1.807) is 21.8 Å². The fraction of sp³-hybridized carbons (Fsp3) is 0.333. The highest BCUT2D eigenvalue weighted by molar-refractivity contribution is 7.91. The zero-order chi connectivity index (χ0) is 14.9. The first-order chi connectivity index (χ1) is 10.1. The van der Waals surface area contributed by atoms with Crippen LogP contribution in [0.4, 0.5) is 0 Å². The van der Waals surface area contributed by atoms with Gasteiger partial charge in [0.1, 0.15) is 4.21 Å². The van der Waals surface area contributed by atoms with Crippen LogP contribution in [-0.2, 0) is 14.8 Å². The number of nitrogens with zero attached hydrogens (tertiary/aromatic N) is 1. The third kappa shape index (κ3) is 2.89. The summed E-state index contributed by atoms with van der Waals surface area (Å²) in [7, 11) is -3.44. The molecule has 2 heterocycles. The van der Waals surface area contributed by atoms with Gasteiger partial charge in [-0.1, -0.05) is 36.4 Å². The summed E-state index contributed by atoms with van der Waals surface area (Å²) in [4.78, 5) is 0. The van der Waals surface area contributed by atoms with E-state index in [0.717, 1.165) is 5.56 Å². The molecule has 1 aliphatic rings. The molecule has 2 aromatic rings. The fourth-order valence-electron chi connectivity index (χ4n) is 2.46. The van der Waals surface area contributed by atoms with Crippen molar-refractivity contribution in [2.75, 3.05) is 13.2 Å². The molecule has 4 nitrogen and oxygen atoms in total. The molecule has 2 unspecified atom stereocenters. The van der Waals surface area contributed by atoms with Gasteiger partial charge in [0.25, 0.3) is 10.0 Å². The van der Waals surface area contributed by atoms with Gasteiger partial charge in [0.2, 0.25) is 0 Å². The average Bonchev–Trinajstić information content (AvgIpc) is 3.03. The molecule has 112 valence electrons. The van der Waals surface area contributed by atoms with E-state index in [0.29, 0.717) is 17.4 Å². The Morgan fingerprint density at radius 3 is 2.62 bits per heavy atom. The van der Waals surface area contributed by atoms with Crippen molar-refractivity contribution in [2.45, 2.75) is 23.3 Å². The van der Waals surface area contributed by atoms with E-state index in [-0.39, 0.29) is 12.1 Å². The molecular formula is C15H17NO3S2. The van der Waals surface area contributed by atoms with Gasteiger partial charge in [-0.15, -0.1) is 11.3 Å². The number of morpholine rings is 1. The molecule has 1 aromatic heterocycles. The van der Waals surface area contributed by atoms with Gasteiger partial charge in [0.15, 0.2) is 0 Å². The van der Waals surface area contributed by atoms with Crippen LogP contribution in [0.2, 0.25) is 0 Å². The zero-order valence-corrected chi connectivity index (χ0v) is 13.3. The predicted octanol–water partition coefficient (Wildman–Crippen LogP) is 2.90. The van der Waals surface area contributed by atoms with Crippen molar-refractivity contribution in [2.24, 2.45) is 0 Å². The Labute approximate surface area is 129 Å². The number of hydrogen-bond acceptors (Lipinski definition) is 4. The summed E-state index contributed by atoms with van der Waals surface area (Å²) in [5.74, 6) is 0. The van der Waals surface area contributed by atoms with Gasteiger partial charge >= 0.3 is 0 Å². The Hall–Kier alpha value is -1.21. The lowest BCUT2D eigenvalue weighted by Crippen LogP contribution is -2.47. The van der Waals surface area contributed by atoms with Crippen LogP contribution in [-0.4, -0.2) is 31.9 Å². The molecule has 0 saturated carbocycles. The van der Waals surface area contributed by atoms with Gasteiger partial charge in [-0.3, -0.25) is 0 Å². The molecule has 1 aliphatic heterocycles. The predicted molar refractivity (Wildman–Crippen MR) is 82.8 cm³/mol. The molecule has 1 fully saturated rings. The van der Waals surface area contributed by atoms with Crippen LogP contribution in [0, 0.1) is 0 Å². The minimum absolute atomic E-state index is 0.155. The van der Waals surface area contributed by atoms with Gasteiger partial charge in [-0.05, 0) is 23.9 Å². The average molecular weight is 323 g/mol. The number of hydrogen-bond donors (Lipinski definition) is 0. The number of thiophene rings is 1. The highest BCUT2D eigenvalue weighted by Crippen LogP contribution is 2.30. The first-order valence-electron chi connectivity index (χ1n) is 6.81. The third-order valence-corrected chi connectivity index (χ3v) is 6.96. The molecule has 0 N–H and O–H groups in total. The normalized spacial score (nSPS) is 24.0. The largest absolute Gasteiger partial charge is 0.370 e. The topological polar surface area (TPSA) is 46.6 Å². The van der Waals surface area contributed by atoms with Crippen molar-refractivity contribution in [3.63, 3.8) is 0 Å². The Morgan fingerprint density at radius 2 is 1.95 bits per heavy atom. The second kappa shape index (κ2) is 5.88. The van der Waals surface area contributed by atoms with Gasteiger partial charge in [-0.25, -0.2) is 8.42 Å². The first-order valence-corrected chi connectivity index (χ1v) is 9.13. The molecule has 2 atom stereocenters. The van der Waals surface area contributed by atoms with E-state index < -0.39 is 10.0 Å². The SMILES string of the molecule is CC1COC(c2ccccc2)CN1S(=O)(=O)c1cccs1. The summed E-state index contributed by atoms with van der Waals surface area (Å²) < 4.78 is 33.2. The van der Waals surface area contributed by atoms with Crippen molar-refractivity contribution < 1.29 is 13.2 Å². The van der Waals surface area contributed by atoms with Crippen LogP contribution in [0.25, 0.3) is 0 Å². The van der Waals surface area contributed by atoms with E-state index >= 15 is 0 Å². The summed E-state index contributed by atoms with van der Waals surface area (Å²) >= 11 is 1.25. The maximum absolute atomic E-state index is 12.7. The summed E-state index contributed by atoms with van der Waals surface area (Å²) in [6.45, 7) is 2.64. The van der Waals surface area contributed by atoms with Crippen LogP contribution in [0.5, 0.6) is 0 Å². The lowest BCUT2D eigenvalue weighted by molar-refractivity contribution is -0.0287. The first kappa shape index (κ1) is 14.7. The van der Waals surface area contributed by atoms with E-state index in [2.05, 4.69) is 0 Å². The van der Waals surface area contributed by atoms with Crippen molar-refractivity contribution in [1.82, 2.24) is 4.31 Å². The standard InChI is InChI=1S/C15H17NO3S2/c1-12-11-19-14(13-6-3-2-4-7-13)10-16(12)21(17,18)15-8-5-9-20-15/h2-9,12,14H,10-11H2,1H3. The third-order valence-electron chi connectivity index (χ3n) is 3.61.